The molecule has 0 aliphatic heterocycles. The minimum absolute atomic E-state index is 0.319. The Hall–Kier alpha value is -2.60. The normalized spacial score (nSPS) is 10.5. The van der Waals surface area contributed by atoms with Crippen LogP contribution in [0.4, 0.5) is 5.69 Å². The van der Waals surface area contributed by atoms with Crippen molar-refractivity contribution in [3.05, 3.63) is 68.9 Å². The van der Waals surface area contributed by atoms with Crippen molar-refractivity contribution in [2.75, 3.05) is 12.4 Å². The largest absolute Gasteiger partial charge is 0.497 e. The molecular weight excluding hydrogens is 360 g/mol. The van der Waals surface area contributed by atoms with Crippen LogP contribution < -0.4 is 15.6 Å². The lowest BCUT2D eigenvalue weighted by Crippen LogP contribution is -2.16. The van der Waals surface area contributed by atoms with E-state index in [-0.39, 0.29) is 11.5 Å². The number of H-pyrrole nitrogens is 1. The number of aromatic amines is 1. The molecule has 0 saturated heterocycles. The Labute approximate surface area is 140 Å². The lowest BCUT2D eigenvalue weighted by molar-refractivity contribution is 0.102. The van der Waals surface area contributed by atoms with E-state index in [9.17, 15) is 9.59 Å². The van der Waals surface area contributed by atoms with E-state index in [1.807, 2.05) is 6.07 Å². The van der Waals surface area contributed by atoms with Crippen molar-refractivity contribution in [1.82, 2.24) is 4.98 Å². The zero-order valence-corrected chi connectivity index (χ0v) is 13.8. The Morgan fingerprint density at radius 1 is 1.17 bits per heavy atom. The number of halogens is 1. The van der Waals surface area contributed by atoms with Crippen LogP contribution in [0.2, 0.25) is 0 Å². The van der Waals surface area contributed by atoms with Crippen LogP contribution in [0.1, 0.15) is 10.4 Å². The number of fused-ring (bicyclic) bond motifs is 1. The summed E-state index contributed by atoms with van der Waals surface area (Å²) in [5, 5.41) is 3.46. The van der Waals surface area contributed by atoms with Gasteiger partial charge in [-0.1, -0.05) is 28.1 Å². The second kappa shape index (κ2) is 6.26. The number of aromatic nitrogens is 1. The lowest BCUT2D eigenvalue weighted by Gasteiger charge is -2.09. The van der Waals surface area contributed by atoms with Gasteiger partial charge >= 0.3 is 0 Å². The van der Waals surface area contributed by atoms with Crippen LogP contribution >= 0.6 is 15.9 Å². The van der Waals surface area contributed by atoms with Gasteiger partial charge in [0.05, 0.1) is 18.2 Å². The van der Waals surface area contributed by atoms with Gasteiger partial charge in [0, 0.05) is 27.7 Å². The number of rotatable bonds is 3. The standard InChI is InChI=1S/C17H13BrN2O3/c1-23-12-4-2-3-11(8-12)19-17(22)14-9-16(21)20-15-7-10(18)5-6-13(14)15/h2-9H,1H3,(H,19,22)(H,20,21). The number of carbonyl (C=O) groups excluding carboxylic acids is 1. The van der Waals surface area contributed by atoms with E-state index >= 15 is 0 Å². The van der Waals surface area contributed by atoms with Gasteiger partial charge in [-0.25, -0.2) is 0 Å². The second-order valence-electron chi connectivity index (χ2n) is 4.92. The van der Waals surface area contributed by atoms with Gasteiger partial charge in [-0.2, -0.15) is 0 Å². The maximum absolute atomic E-state index is 12.5. The molecule has 5 nitrogen and oxygen atoms in total. The first-order chi connectivity index (χ1) is 11.1. The molecule has 0 aliphatic rings. The third-order valence-electron chi connectivity index (χ3n) is 3.38. The Morgan fingerprint density at radius 2 is 2.00 bits per heavy atom. The number of carbonyl (C=O) groups is 1. The van der Waals surface area contributed by atoms with Gasteiger partial charge in [0.25, 0.3) is 5.91 Å². The van der Waals surface area contributed by atoms with E-state index in [2.05, 4.69) is 26.2 Å². The summed E-state index contributed by atoms with van der Waals surface area (Å²) in [7, 11) is 1.56. The van der Waals surface area contributed by atoms with E-state index in [1.165, 1.54) is 6.07 Å². The first-order valence-electron chi connectivity index (χ1n) is 6.85. The van der Waals surface area contributed by atoms with Crippen LogP contribution in [0, 0.1) is 0 Å². The van der Waals surface area contributed by atoms with Gasteiger partial charge in [-0.15, -0.1) is 0 Å². The molecule has 1 heterocycles. The molecule has 0 saturated carbocycles. The number of pyridine rings is 1. The molecule has 0 atom stereocenters. The number of anilines is 1. The Morgan fingerprint density at radius 3 is 2.78 bits per heavy atom. The zero-order valence-electron chi connectivity index (χ0n) is 12.2. The average Bonchev–Trinajstić information content (AvgIpc) is 2.53. The molecule has 2 N–H and O–H groups in total. The van der Waals surface area contributed by atoms with E-state index < -0.39 is 0 Å². The smallest absolute Gasteiger partial charge is 0.256 e. The highest BCUT2D eigenvalue weighted by Gasteiger charge is 2.12. The molecule has 0 spiro atoms. The number of methoxy groups -OCH3 is 1. The molecule has 3 aromatic rings. The fraction of sp³-hybridized carbons (Fsp3) is 0.0588. The van der Waals surface area contributed by atoms with Crippen LogP contribution in [-0.2, 0) is 0 Å². The van der Waals surface area contributed by atoms with Crippen LogP contribution in [-0.4, -0.2) is 18.0 Å². The van der Waals surface area contributed by atoms with Crippen molar-refractivity contribution in [3.63, 3.8) is 0 Å². The summed E-state index contributed by atoms with van der Waals surface area (Å²) < 4.78 is 5.96. The molecule has 0 aliphatic carbocycles. The summed E-state index contributed by atoms with van der Waals surface area (Å²) in [6.07, 6.45) is 0. The topological polar surface area (TPSA) is 71.2 Å². The van der Waals surface area contributed by atoms with Gasteiger partial charge in [0.2, 0.25) is 5.56 Å². The van der Waals surface area contributed by atoms with Crippen LogP contribution in [0.5, 0.6) is 5.75 Å². The Balaban J connectivity index is 2.02. The highest BCUT2D eigenvalue weighted by atomic mass is 79.9. The molecule has 0 radical (unpaired) electrons. The van der Waals surface area contributed by atoms with E-state index in [1.54, 1.807) is 43.5 Å². The summed E-state index contributed by atoms with van der Waals surface area (Å²) in [6, 6.07) is 13.7. The highest BCUT2D eigenvalue weighted by Crippen LogP contribution is 2.22. The number of amides is 1. The number of benzene rings is 2. The maximum Gasteiger partial charge on any atom is 0.256 e. The number of nitrogens with one attached hydrogen (secondary N) is 2. The molecule has 2 aromatic carbocycles. The summed E-state index contributed by atoms with van der Waals surface area (Å²) in [5.74, 6) is 0.291. The predicted octanol–water partition coefficient (Wildman–Crippen LogP) is 3.55. The molecule has 116 valence electrons. The van der Waals surface area contributed by atoms with Gasteiger partial charge in [0.1, 0.15) is 5.75 Å². The minimum atomic E-state index is -0.350. The summed E-state index contributed by atoms with van der Waals surface area (Å²) in [5.41, 5.74) is 1.19. The van der Waals surface area contributed by atoms with Gasteiger partial charge in [0.15, 0.2) is 0 Å². The van der Waals surface area contributed by atoms with Crippen LogP contribution in [0.25, 0.3) is 10.9 Å². The first-order valence-corrected chi connectivity index (χ1v) is 7.64. The highest BCUT2D eigenvalue weighted by molar-refractivity contribution is 9.10. The van der Waals surface area contributed by atoms with Gasteiger partial charge < -0.3 is 15.0 Å². The SMILES string of the molecule is COc1cccc(NC(=O)c2cc(=O)[nH]c3cc(Br)ccc23)c1. The molecule has 1 aromatic heterocycles. The number of hydrogen-bond donors (Lipinski definition) is 2. The molecule has 0 fully saturated rings. The number of hydrogen-bond acceptors (Lipinski definition) is 3. The lowest BCUT2D eigenvalue weighted by atomic mass is 10.1. The Kier molecular flexibility index (Phi) is 4.16. The second-order valence-corrected chi connectivity index (χ2v) is 5.84. The molecule has 1 amide bonds. The molecule has 6 heteroatoms. The fourth-order valence-electron chi connectivity index (χ4n) is 2.32. The minimum Gasteiger partial charge on any atom is -0.497 e. The maximum atomic E-state index is 12.5. The third-order valence-corrected chi connectivity index (χ3v) is 3.87. The summed E-state index contributed by atoms with van der Waals surface area (Å²) in [4.78, 5) is 27.1. The van der Waals surface area contributed by atoms with Crippen LogP contribution in [0.3, 0.4) is 0 Å². The summed E-state index contributed by atoms with van der Waals surface area (Å²) >= 11 is 3.35. The van der Waals surface area contributed by atoms with Crippen molar-refractivity contribution in [2.45, 2.75) is 0 Å². The van der Waals surface area contributed by atoms with Crippen molar-refractivity contribution in [3.8, 4) is 5.75 Å². The van der Waals surface area contributed by atoms with E-state index in [0.717, 1.165) is 4.47 Å². The fourth-order valence-corrected chi connectivity index (χ4v) is 2.68. The molecule has 23 heavy (non-hydrogen) atoms. The molecule has 3 rings (SSSR count). The monoisotopic (exact) mass is 372 g/mol. The summed E-state index contributed by atoms with van der Waals surface area (Å²) in [6.45, 7) is 0. The quantitative estimate of drug-likeness (QED) is 0.738. The molecule has 0 unspecified atom stereocenters. The van der Waals surface area contributed by atoms with E-state index in [0.29, 0.717) is 27.9 Å². The third kappa shape index (κ3) is 3.27. The average molecular weight is 373 g/mol. The van der Waals surface area contributed by atoms with Crippen LogP contribution in [0.15, 0.2) is 57.8 Å². The predicted molar refractivity (Wildman–Crippen MR) is 93.2 cm³/mol. The van der Waals surface area contributed by atoms with Gasteiger partial charge in [-0.05, 0) is 24.3 Å². The van der Waals surface area contributed by atoms with Crippen molar-refractivity contribution < 1.29 is 9.53 Å². The number of ether oxygens (including phenoxy) is 1. The van der Waals surface area contributed by atoms with Crippen molar-refractivity contribution >= 4 is 38.4 Å². The molecule has 0 bridgehead atoms. The van der Waals surface area contributed by atoms with Crippen molar-refractivity contribution in [1.29, 1.82) is 0 Å². The Bertz CT molecular complexity index is 950. The molecular formula is C17H13BrN2O3. The zero-order chi connectivity index (χ0) is 16.4. The van der Waals surface area contributed by atoms with E-state index in [4.69, 9.17) is 4.74 Å². The first kappa shape index (κ1) is 15.3. The van der Waals surface area contributed by atoms with Gasteiger partial charge in [-0.3, -0.25) is 9.59 Å². The van der Waals surface area contributed by atoms with Crippen molar-refractivity contribution in [2.24, 2.45) is 0 Å².